The zero-order valence-electron chi connectivity index (χ0n) is 13.6. The maximum atomic E-state index is 11.8. The van der Waals surface area contributed by atoms with E-state index in [4.69, 9.17) is 18.9 Å². The number of hydrogen-bond donors (Lipinski definition) is 1. The van der Waals surface area contributed by atoms with Gasteiger partial charge in [0.25, 0.3) is 0 Å². The van der Waals surface area contributed by atoms with E-state index in [0.717, 1.165) is 5.56 Å². The van der Waals surface area contributed by atoms with Crippen LogP contribution in [0.2, 0.25) is 0 Å². The molecule has 0 spiro atoms. The van der Waals surface area contributed by atoms with E-state index >= 15 is 0 Å². The van der Waals surface area contributed by atoms with Gasteiger partial charge in [-0.1, -0.05) is 0 Å². The largest absolute Gasteiger partial charge is 0.493 e. The molecule has 7 nitrogen and oxygen atoms in total. The van der Waals surface area contributed by atoms with Gasteiger partial charge < -0.3 is 18.9 Å². The maximum absolute atomic E-state index is 11.8. The number of methoxy groups -OCH3 is 1. The molecule has 1 heterocycles. The molecule has 1 fully saturated rings. The highest BCUT2D eigenvalue weighted by molar-refractivity contribution is 5.83. The highest BCUT2D eigenvalue weighted by atomic mass is 16.7. The minimum Gasteiger partial charge on any atom is -0.493 e. The topological polar surface area (TPSA) is 78.4 Å². The standard InChI is InChI=1S/C16H22N2O5/c1-4-21-13-6-5-12(9-14(13)20-3)11-17-18-15(19)10-16(2)22-7-8-23-16/h5-6,9,11H,4,7-8,10H2,1-3H3,(H,18,19)/b17-11-. The van der Waals surface area contributed by atoms with Crippen molar-refractivity contribution < 1.29 is 23.7 Å². The molecule has 1 saturated heterocycles. The Balaban J connectivity index is 1.91. The van der Waals surface area contributed by atoms with Crippen molar-refractivity contribution in [1.82, 2.24) is 5.43 Å². The predicted molar refractivity (Wildman–Crippen MR) is 84.8 cm³/mol. The van der Waals surface area contributed by atoms with Crippen molar-refractivity contribution in [1.29, 1.82) is 0 Å². The van der Waals surface area contributed by atoms with E-state index < -0.39 is 5.79 Å². The van der Waals surface area contributed by atoms with E-state index in [1.54, 1.807) is 26.2 Å². The Morgan fingerprint density at radius 3 is 2.78 bits per heavy atom. The van der Waals surface area contributed by atoms with E-state index in [-0.39, 0.29) is 12.3 Å². The first kappa shape index (κ1) is 17.2. The van der Waals surface area contributed by atoms with Gasteiger partial charge in [0.05, 0.1) is 39.6 Å². The Morgan fingerprint density at radius 2 is 2.13 bits per heavy atom. The normalized spacial score (nSPS) is 16.5. The average Bonchev–Trinajstić information content (AvgIpc) is 2.95. The summed E-state index contributed by atoms with van der Waals surface area (Å²) in [5, 5.41) is 3.93. The van der Waals surface area contributed by atoms with E-state index in [0.29, 0.717) is 31.3 Å². The fraction of sp³-hybridized carbons (Fsp3) is 0.500. The molecule has 1 aromatic rings. The zero-order chi connectivity index (χ0) is 16.7. The quantitative estimate of drug-likeness (QED) is 0.610. The molecule has 126 valence electrons. The Bertz CT molecular complexity index is 568. The van der Waals surface area contributed by atoms with E-state index in [2.05, 4.69) is 10.5 Å². The SMILES string of the molecule is CCOc1ccc(/C=N\NC(=O)CC2(C)OCCO2)cc1OC. The van der Waals surface area contributed by atoms with Crippen LogP contribution in [0.3, 0.4) is 0 Å². The van der Waals surface area contributed by atoms with Gasteiger partial charge >= 0.3 is 0 Å². The van der Waals surface area contributed by atoms with Crippen LogP contribution < -0.4 is 14.9 Å². The van der Waals surface area contributed by atoms with Crippen LogP contribution in [0, 0.1) is 0 Å². The van der Waals surface area contributed by atoms with Gasteiger partial charge in [-0.2, -0.15) is 5.10 Å². The van der Waals surface area contributed by atoms with Crippen molar-refractivity contribution >= 4 is 12.1 Å². The molecule has 0 saturated carbocycles. The molecule has 1 aliphatic heterocycles. The first-order chi connectivity index (χ1) is 11.1. The number of carbonyl (C=O) groups excluding carboxylic acids is 1. The van der Waals surface area contributed by atoms with Crippen LogP contribution in [0.1, 0.15) is 25.8 Å². The van der Waals surface area contributed by atoms with Crippen molar-refractivity contribution in [3.63, 3.8) is 0 Å². The fourth-order valence-corrected chi connectivity index (χ4v) is 2.21. The zero-order valence-corrected chi connectivity index (χ0v) is 13.6. The number of ether oxygens (including phenoxy) is 4. The molecule has 1 N–H and O–H groups in total. The summed E-state index contributed by atoms with van der Waals surface area (Å²) in [4.78, 5) is 11.8. The Morgan fingerprint density at radius 1 is 1.39 bits per heavy atom. The Labute approximate surface area is 135 Å². The summed E-state index contributed by atoms with van der Waals surface area (Å²) in [6, 6.07) is 5.41. The van der Waals surface area contributed by atoms with Gasteiger partial charge in [-0.3, -0.25) is 4.79 Å². The molecule has 0 aliphatic carbocycles. The van der Waals surface area contributed by atoms with Crippen molar-refractivity contribution in [2.45, 2.75) is 26.1 Å². The first-order valence-electron chi connectivity index (χ1n) is 7.47. The number of rotatable bonds is 7. The van der Waals surface area contributed by atoms with Gasteiger partial charge in [0.2, 0.25) is 5.91 Å². The molecule has 0 radical (unpaired) electrons. The highest BCUT2D eigenvalue weighted by Crippen LogP contribution is 2.27. The van der Waals surface area contributed by atoms with Crippen LogP contribution in [0.25, 0.3) is 0 Å². The van der Waals surface area contributed by atoms with Gasteiger partial charge in [-0.05, 0) is 37.6 Å². The molecule has 1 aromatic carbocycles. The molecular weight excluding hydrogens is 300 g/mol. The van der Waals surface area contributed by atoms with Crippen LogP contribution in [0.5, 0.6) is 11.5 Å². The number of benzene rings is 1. The van der Waals surface area contributed by atoms with Gasteiger partial charge in [-0.15, -0.1) is 0 Å². The van der Waals surface area contributed by atoms with Gasteiger partial charge in [0.15, 0.2) is 17.3 Å². The number of hydrogen-bond acceptors (Lipinski definition) is 6. The summed E-state index contributed by atoms with van der Waals surface area (Å²) in [6.45, 7) is 5.20. The smallest absolute Gasteiger partial charge is 0.245 e. The molecule has 0 atom stereocenters. The molecule has 2 rings (SSSR count). The third kappa shape index (κ3) is 4.94. The predicted octanol–water partition coefficient (Wildman–Crippen LogP) is 1.70. The van der Waals surface area contributed by atoms with Crippen molar-refractivity contribution in [2.75, 3.05) is 26.9 Å². The monoisotopic (exact) mass is 322 g/mol. The second-order valence-corrected chi connectivity index (χ2v) is 5.14. The lowest BCUT2D eigenvalue weighted by Gasteiger charge is -2.20. The molecule has 0 unspecified atom stereocenters. The highest BCUT2D eigenvalue weighted by Gasteiger charge is 2.33. The van der Waals surface area contributed by atoms with Crippen LogP contribution in [0.15, 0.2) is 23.3 Å². The number of nitrogens with one attached hydrogen (secondary N) is 1. The Hall–Kier alpha value is -2.12. The summed E-state index contributed by atoms with van der Waals surface area (Å²) in [6.07, 6.45) is 1.63. The molecule has 1 aliphatic rings. The van der Waals surface area contributed by atoms with Gasteiger partial charge in [0, 0.05) is 0 Å². The molecular formula is C16H22N2O5. The summed E-state index contributed by atoms with van der Waals surface area (Å²) in [5.74, 6) is 0.146. The minimum atomic E-state index is -0.859. The summed E-state index contributed by atoms with van der Waals surface area (Å²) in [5.41, 5.74) is 3.24. The summed E-state index contributed by atoms with van der Waals surface area (Å²) in [7, 11) is 1.57. The van der Waals surface area contributed by atoms with Crippen LogP contribution in [-0.2, 0) is 14.3 Å². The molecule has 7 heteroatoms. The number of carbonyl (C=O) groups is 1. The second-order valence-electron chi connectivity index (χ2n) is 5.14. The first-order valence-corrected chi connectivity index (χ1v) is 7.47. The third-order valence-corrected chi connectivity index (χ3v) is 3.27. The second kappa shape index (κ2) is 7.94. The van der Waals surface area contributed by atoms with Crippen molar-refractivity contribution in [2.24, 2.45) is 5.10 Å². The lowest BCUT2D eigenvalue weighted by molar-refractivity contribution is -0.159. The number of nitrogens with zero attached hydrogens (tertiary/aromatic N) is 1. The number of hydrazone groups is 1. The van der Waals surface area contributed by atoms with Crippen molar-refractivity contribution in [3.05, 3.63) is 23.8 Å². The van der Waals surface area contributed by atoms with E-state index in [9.17, 15) is 4.79 Å². The van der Waals surface area contributed by atoms with Crippen LogP contribution in [0.4, 0.5) is 0 Å². The molecule has 0 bridgehead atoms. The summed E-state index contributed by atoms with van der Waals surface area (Å²) < 4.78 is 21.5. The summed E-state index contributed by atoms with van der Waals surface area (Å²) >= 11 is 0. The van der Waals surface area contributed by atoms with Crippen LogP contribution in [-0.4, -0.2) is 44.8 Å². The lowest BCUT2D eigenvalue weighted by Crippen LogP contribution is -2.33. The van der Waals surface area contributed by atoms with E-state index in [1.165, 1.54) is 6.21 Å². The van der Waals surface area contributed by atoms with Crippen molar-refractivity contribution in [3.8, 4) is 11.5 Å². The van der Waals surface area contributed by atoms with Gasteiger partial charge in [0.1, 0.15) is 0 Å². The third-order valence-electron chi connectivity index (χ3n) is 3.27. The minimum absolute atomic E-state index is 0.0942. The number of amides is 1. The molecule has 0 aromatic heterocycles. The Kier molecular flexibility index (Phi) is 5.95. The maximum Gasteiger partial charge on any atom is 0.245 e. The molecule has 23 heavy (non-hydrogen) atoms. The van der Waals surface area contributed by atoms with Gasteiger partial charge in [-0.25, -0.2) is 5.43 Å². The average molecular weight is 322 g/mol. The lowest BCUT2D eigenvalue weighted by atomic mass is 10.2. The fourth-order valence-electron chi connectivity index (χ4n) is 2.21. The van der Waals surface area contributed by atoms with E-state index in [1.807, 2.05) is 13.0 Å². The molecule has 1 amide bonds. The van der Waals surface area contributed by atoms with Crippen LogP contribution >= 0.6 is 0 Å².